The number of hydrogen-bond donors (Lipinski definition) is 1. The van der Waals surface area contributed by atoms with Crippen LogP contribution in [0.2, 0.25) is 0 Å². The fourth-order valence-corrected chi connectivity index (χ4v) is 2.33. The first-order valence-electron chi connectivity index (χ1n) is 7.20. The molecule has 0 aliphatic rings. The first-order valence-corrected chi connectivity index (χ1v) is 7.20. The van der Waals surface area contributed by atoms with Crippen molar-refractivity contribution < 1.29 is 4.74 Å². The molecular weight excluding hydrogens is 264 g/mol. The molecule has 0 aliphatic carbocycles. The third-order valence-corrected chi connectivity index (χ3v) is 3.80. The first-order chi connectivity index (χ1) is 10.1. The summed E-state index contributed by atoms with van der Waals surface area (Å²) in [6.45, 7) is 3.99. The minimum Gasteiger partial charge on any atom is -0.496 e. The second-order valence-corrected chi connectivity index (χ2v) is 5.38. The van der Waals surface area contributed by atoms with Crippen LogP contribution in [0.5, 0.6) is 5.75 Å². The highest BCUT2D eigenvalue weighted by atomic mass is 16.5. The average Bonchev–Trinajstić information content (AvgIpc) is 2.91. The van der Waals surface area contributed by atoms with E-state index in [9.17, 15) is 0 Å². The summed E-state index contributed by atoms with van der Waals surface area (Å²) in [5.41, 5.74) is 7.61. The molecule has 0 spiro atoms. The van der Waals surface area contributed by atoms with Crippen LogP contribution in [0.25, 0.3) is 0 Å². The van der Waals surface area contributed by atoms with E-state index in [0.717, 1.165) is 25.3 Å². The number of para-hydroxylation sites is 1. The summed E-state index contributed by atoms with van der Waals surface area (Å²) in [5.74, 6) is 0.956. The molecule has 0 radical (unpaired) electrons. The summed E-state index contributed by atoms with van der Waals surface area (Å²) < 4.78 is 7.29. The van der Waals surface area contributed by atoms with Gasteiger partial charge in [0.1, 0.15) is 5.75 Å². The minimum atomic E-state index is 0.425. The van der Waals surface area contributed by atoms with Crippen molar-refractivity contribution >= 4 is 5.69 Å². The Kier molecular flexibility index (Phi) is 5.22. The summed E-state index contributed by atoms with van der Waals surface area (Å²) in [7, 11) is 3.85. The van der Waals surface area contributed by atoms with Crippen molar-refractivity contribution in [3.8, 4) is 5.75 Å². The Labute approximate surface area is 126 Å². The molecule has 2 rings (SSSR count). The topological polar surface area (TPSA) is 56.3 Å². The van der Waals surface area contributed by atoms with Crippen LogP contribution in [0.15, 0.2) is 36.7 Å². The van der Waals surface area contributed by atoms with Crippen LogP contribution in [0, 0.1) is 0 Å². The second kappa shape index (κ2) is 7.13. The highest BCUT2D eigenvalue weighted by Crippen LogP contribution is 2.20. The number of nitrogens with two attached hydrogens (primary N) is 1. The molecule has 5 nitrogen and oxygen atoms in total. The van der Waals surface area contributed by atoms with E-state index in [-0.39, 0.29) is 0 Å². The van der Waals surface area contributed by atoms with Crippen molar-refractivity contribution in [1.82, 2.24) is 14.7 Å². The molecule has 2 aromatic rings. The average molecular weight is 288 g/mol. The number of benzene rings is 1. The van der Waals surface area contributed by atoms with Gasteiger partial charge in [-0.25, -0.2) is 0 Å². The van der Waals surface area contributed by atoms with Crippen LogP contribution < -0.4 is 10.5 Å². The number of likely N-dealkylation sites (N-methyl/N-ethyl adjacent to an activating group) is 1. The van der Waals surface area contributed by atoms with Crippen molar-refractivity contribution in [3.05, 3.63) is 42.2 Å². The maximum atomic E-state index is 5.67. The van der Waals surface area contributed by atoms with Gasteiger partial charge in [0.05, 0.1) is 25.5 Å². The third kappa shape index (κ3) is 4.23. The number of hydrogen-bond acceptors (Lipinski definition) is 4. The zero-order valence-corrected chi connectivity index (χ0v) is 13.0. The van der Waals surface area contributed by atoms with Crippen molar-refractivity contribution in [2.75, 3.05) is 26.4 Å². The van der Waals surface area contributed by atoms with E-state index < -0.39 is 0 Å². The monoisotopic (exact) mass is 288 g/mol. The fraction of sp³-hybridized carbons (Fsp3) is 0.438. The SMILES string of the molecule is COc1ccccc1CC(C)N(C)CCn1cc(N)cn1. The fourth-order valence-electron chi connectivity index (χ4n) is 2.33. The molecule has 5 heteroatoms. The Morgan fingerprint density at radius 2 is 2.14 bits per heavy atom. The minimum absolute atomic E-state index is 0.425. The van der Waals surface area contributed by atoms with Gasteiger partial charge >= 0.3 is 0 Å². The van der Waals surface area contributed by atoms with Gasteiger partial charge in [0.25, 0.3) is 0 Å². The van der Waals surface area contributed by atoms with E-state index in [0.29, 0.717) is 11.7 Å². The quantitative estimate of drug-likeness (QED) is 0.847. The summed E-state index contributed by atoms with van der Waals surface area (Å²) in [6, 6.07) is 8.61. The van der Waals surface area contributed by atoms with Gasteiger partial charge in [-0.05, 0) is 32.0 Å². The highest BCUT2D eigenvalue weighted by Gasteiger charge is 2.12. The van der Waals surface area contributed by atoms with Crippen LogP contribution in [0.3, 0.4) is 0 Å². The van der Waals surface area contributed by atoms with Crippen molar-refractivity contribution in [2.45, 2.75) is 25.9 Å². The lowest BCUT2D eigenvalue weighted by molar-refractivity contribution is 0.241. The molecule has 1 heterocycles. The first kappa shape index (κ1) is 15.4. The number of methoxy groups -OCH3 is 1. The number of nitrogen functional groups attached to an aromatic ring is 1. The number of nitrogens with zero attached hydrogens (tertiary/aromatic N) is 3. The van der Waals surface area contributed by atoms with E-state index in [1.54, 1.807) is 13.3 Å². The Balaban J connectivity index is 1.88. The highest BCUT2D eigenvalue weighted by molar-refractivity contribution is 5.33. The lowest BCUT2D eigenvalue weighted by atomic mass is 10.1. The Morgan fingerprint density at radius 3 is 2.81 bits per heavy atom. The normalized spacial score (nSPS) is 12.6. The van der Waals surface area contributed by atoms with E-state index in [2.05, 4.69) is 36.1 Å². The van der Waals surface area contributed by atoms with Crippen LogP contribution in [0.1, 0.15) is 12.5 Å². The van der Waals surface area contributed by atoms with Crippen molar-refractivity contribution in [3.63, 3.8) is 0 Å². The maximum Gasteiger partial charge on any atom is 0.122 e. The standard InChI is InChI=1S/C16H24N4O/c1-13(10-14-6-4-5-7-16(14)21-3)19(2)8-9-20-12-15(17)11-18-20/h4-7,11-13H,8-10,17H2,1-3H3. The van der Waals surface area contributed by atoms with Crippen LogP contribution in [-0.2, 0) is 13.0 Å². The number of ether oxygens (including phenoxy) is 1. The molecule has 1 aromatic carbocycles. The molecule has 21 heavy (non-hydrogen) atoms. The van der Waals surface area contributed by atoms with E-state index in [1.807, 2.05) is 23.0 Å². The van der Waals surface area contributed by atoms with E-state index in [4.69, 9.17) is 10.5 Å². The molecule has 0 fully saturated rings. The van der Waals surface area contributed by atoms with Crippen LogP contribution in [0.4, 0.5) is 5.69 Å². The molecule has 2 N–H and O–H groups in total. The molecule has 1 aromatic heterocycles. The number of rotatable bonds is 7. The molecule has 1 atom stereocenters. The maximum absolute atomic E-state index is 5.67. The summed E-state index contributed by atoms with van der Waals surface area (Å²) >= 11 is 0. The van der Waals surface area contributed by atoms with E-state index >= 15 is 0 Å². The van der Waals surface area contributed by atoms with Crippen LogP contribution in [-0.4, -0.2) is 41.4 Å². The molecule has 114 valence electrons. The summed E-state index contributed by atoms with van der Waals surface area (Å²) in [4.78, 5) is 2.32. The Bertz CT molecular complexity index is 567. The van der Waals surface area contributed by atoms with Gasteiger partial charge in [-0.15, -0.1) is 0 Å². The molecule has 0 saturated carbocycles. The molecule has 0 aliphatic heterocycles. The molecular formula is C16H24N4O. The molecule has 0 amide bonds. The molecule has 0 bridgehead atoms. The van der Waals surface area contributed by atoms with Crippen molar-refractivity contribution in [2.24, 2.45) is 0 Å². The lowest BCUT2D eigenvalue weighted by Crippen LogP contribution is -2.33. The van der Waals surface area contributed by atoms with E-state index in [1.165, 1.54) is 5.56 Å². The van der Waals surface area contributed by atoms with Gasteiger partial charge in [-0.1, -0.05) is 18.2 Å². The summed E-state index contributed by atoms with van der Waals surface area (Å²) in [5, 5.41) is 4.20. The van der Waals surface area contributed by atoms with Crippen molar-refractivity contribution in [1.29, 1.82) is 0 Å². The third-order valence-electron chi connectivity index (χ3n) is 3.80. The summed E-state index contributed by atoms with van der Waals surface area (Å²) in [6.07, 6.45) is 4.50. The van der Waals surface area contributed by atoms with Gasteiger partial charge < -0.3 is 15.4 Å². The van der Waals surface area contributed by atoms with Crippen LogP contribution >= 0.6 is 0 Å². The largest absolute Gasteiger partial charge is 0.496 e. The Hall–Kier alpha value is -2.01. The molecule has 0 saturated heterocycles. The molecule has 1 unspecified atom stereocenters. The number of aromatic nitrogens is 2. The zero-order valence-electron chi connectivity index (χ0n) is 13.0. The van der Waals surface area contributed by atoms with Gasteiger partial charge in [0.2, 0.25) is 0 Å². The smallest absolute Gasteiger partial charge is 0.122 e. The number of anilines is 1. The van der Waals surface area contributed by atoms with Gasteiger partial charge in [0.15, 0.2) is 0 Å². The predicted octanol–water partition coefficient (Wildman–Crippen LogP) is 2.04. The lowest BCUT2D eigenvalue weighted by Gasteiger charge is -2.25. The zero-order chi connectivity index (χ0) is 15.2. The van der Waals surface area contributed by atoms with Gasteiger partial charge in [-0.3, -0.25) is 4.68 Å². The Morgan fingerprint density at radius 1 is 1.38 bits per heavy atom. The van der Waals surface area contributed by atoms with Gasteiger partial charge in [-0.2, -0.15) is 5.10 Å². The van der Waals surface area contributed by atoms with Gasteiger partial charge in [0, 0.05) is 18.8 Å². The second-order valence-electron chi connectivity index (χ2n) is 5.38. The predicted molar refractivity (Wildman–Crippen MR) is 85.4 cm³/mol.